The molecule has 12 rings (SSSR count). The van der Waals surface area contributed by atoms with Crippen LogP contribution in [0.25, 0.3) is 117 Å². The molecule has 8 aromatic carbocycles. The smallest absolute Gasteiger partial charge is 0.161 e. The lowest BCUT2D eigenvalue weighted by molar-refractivity contribution is 0.676. The summed E-state index contributed by atoms with van der Waals surface area (Å²) < 4.78 is 9.34. The Labute approximate surface area is 345 Å². The van der Waals surface area contributed by atoms with Gasteiger partial charge in [-0.1, -0.05) is 164 Å². The molecule has 0 saturated carbocycles. The topological polar surface area (TPSA) is 56.7 Å². The van der Waals surface area contributed by atoms with Crippen molar-refractivity contribution in [1.29, 1.82) is 0 Å². The van der Waals surface area contributed by atoms with Gasteiger partial charge in [0, 0.05) is 38.7 Å². The second-order valence-electron chi connectivity index (χ2n) is 15.2. The first-order valence-corrected chi connectivity index (χ1v) is 20.2. The molecular weight excluding hydrogens is 733 g/mol. The van der Waals surface area contributed by atoms with Gasteiger partial charge in [0.25, 0.3) is 0 Å². The number of benzene rings is 8. The molecule has 0 fully saturated rings. The van der Waals surface area contributed by atoms with Crippen molar-refractivity contribution in [2.24, 2.45) is 0 Å². The van der Waals surface area contributed by atoms with E-state index >= 15 is 0 Å². The van der Waals surface area contributed by atoms with Crippen molar-refractivity contribution in [3.63, 3.8) is 0 Å². The molecule has 0 spiro atoms. The van der Waals surface area contributed by atoms with Crippen LogP contribution < -0.4 is 0 Å². The molecule has 0 saturated heterocycles. The van der Waals surface area contributed by atoms with E-state index in [9.17, 15) is 0 Å². The lowest BCUT2D eigenvalue weighted by Gasteiger charge is -2.12. The van der Waals surface area contributed by atoms with Gasteiger partial charge in [-0.2, -0.15) is 0 Å². The van der Waals surface area contributed by atoms with Gasteiger partial charge in [0.15, 0.2) is 11.4 Å². The van der Waals surface area contributed by atoms with E-state index in [1.165, 1.54) is 5.39 Å². The summed E-state index contributed by atoms with van der Waals surface area (Å²) in [7, 11) is 0. The Morgan fingerprint density at radius 3 is 1.72 bits per heavy atom. The lowest BCUT2D eigenvalue weighted by Crippen LogP contribution is -1.96. The fourth-order valence-corrected chi connectivity index (χ4v) is 8.75. The molecule has 12 aromatic rings. The van der Waals surface area contributed by atoms with E-state index in [1.54, 1.807) is 0 Å². The molecular formula is C55H34N4O. The van der Waals surface area contributed by atoms with Crippen molar-refractivity contribution < 1.29 is 4.42 Å². The summed E-state index contributed by atoms with van der Waals surface area (Å²) in [6.45, 7) is 0. The maximum absolute atomic E-state index is 6.99. The Bertz CT molecular complexity index is 3510. The normalized spacial score (nSPS) is 11.7. The third-order valence-electron chi connectivity index (χ3n) is 11.6. The molecule has 4 aromatic heterocycles. The standard InChI is InChI=1S/C55H34N4O/c1-3-15-38(16-4-1)47-34-48(58-55(57-47)40-17-5-2-6-18-40)39-28-26-35(27-29-39)36-30-32-41(33-31-36)59-49-25-12-10-22-45(49)54-52(59)50-51(43-23-13-19-37-14-7-8-20-42(37)43)56-46-24-11-9-21-44(46)53(50)60-54/h1-34H. The maximum atomic E-state index is 6.99. The van der Waals surface area contributed by atoms with Crippen LogP contribution in [0.4, 0.5) is 0 Å². The molecule has 0 unspecified atom stereocenters. The summed E-state index contributed by atoms with van der Waals surface area (Å²) in [5.74, 6) is 0.705. The highest BCUT2D eigenvalue weighted by Gasteiger charge is 2.25. The highest BCUT2D eigenvalue weighted by atomic mass is 16.3. The zero-order valence-electron chi connectivity index (χ0n) is 32.3. The van der Waals surface area contributed by atoms with Crippen LogP contribution in [0.2, 0.25) is 0 Å². The average molecular weight is 767 g/mol. The summed E-state index contributed by atoms with van der Waals surface area (Å²) >= 11 is 0. The van der Waals surface area contributed by atoms with Gasteiger partial charge in [0.1, 0.15) is 11.1 Å². The number of aromatic nitrogens is 4. The summed E-state index contributed by atoms with van der Waals surface area (Å²) in [6.07, 6.45) is 0. The quantitative estimate of drug-likeness (QED) is 0.169. The number of hydrogen-bond acceptors (Lipinski definition) is 4. The van der Waals surface area contributed by atoms with Crippen molar-refractivity contribution in [3.8, 4) is 62.0 Å². The van der Waals surface area contributed by atoms with Crippen molar-refractivity contribution in [2.45, 2.75) is 0 Å². The van der Waals surface area contributed by atoms with Gasteiger partial charge in [-0.15, -0.1) is 0 Å². The summed E-state index contributed by atoms with van der Waals surface area (Å²) in [5, 5.41) is 5.40. The molecule has 5 heteroatoms. The van der Waals surface area contributed by atoms with Crippen molar-refractivity contribution in [1.82, 2.24) is 19.5 Å². The first-order chi connectivity index (χ1) is 29.7. The largest absolute Gasteiger partial charge is 0.453 e. The molecule has 0 N–H and O–H groups in total. The second kappa shape index (κ2) is 13.8. The molecule has 0 aliphatic carbocycles. The van der Waals surface area contributed by atoms with E-state index in [-0.39, 0.29) is 0 Å². The summed E-state index contributed by atoms with van der Waals surface area (Å²) in [4.78, 5) is 15.4. The monoisotopic (exact) mass is 766 g/mol. The highest BCUT2D eigenvalue weighted by molar-refractivity contribution is 6.25. The van der Waals surface area contributed by atoms with Crippen LogP contribution in [0, 0.1) is 0 Å². The van der Waals surface area contributed by atoms with E-state index in [2.05, 4.69) is 168 Å². The molecule has 4 heterocycles. The lowest BCUT2D eigenvalue weighted by atomic mass is 9.98. The van der Waals surface area contributed by atoms with Crippen molar-refractivity contribution in [2.75, 3.05) is 0 Å². The van der Waals surface area contributed by atoms with E-state index in [4.69, 9.17) is 19.4 Å². The Hall–Kier alpha value is -8.15. The second-order valence-corrected chi connectivity index (χ2v) is 15.2. The first-order valence-electron chi connectivity index (χ1n) is 20.2. The molecule has 5 nitrogen and oxygen atoms in total. The van der Waals surface area contributed by atoms with E-state index < -0.39 is 0 Å². The number of fused-ring (bicyclic) bond motifs is 8. The number of nitrogens with zero attached hydrogens (tertiary/aromatic N) is 4. The predicted octanol–water partition coefficient (Wildman–Crippen LogP) is 14.4. The summed E-state index contributed by atoms with van der Waals surface area (Å²) in [6, 6.07) is 71.8. The van der Waals surface area contributed by atoms with Crippen molar-refractivity contribution in [3.05, 3.63) is 206 Å². The van der Waals surface area contributed by atoms with Gasteiger partial charge in [0.2, 0.25) is 0 Å². The SMILES string of the molecule is c1ccc(-c2cc(-c3ccc(-c4ccc(-n5c6ccccc6c6oc7c8ccccc8nc(-c8cccc9ccccc89)c7c65)cc4)cc3)nc(-c3ccccc3)n2)cc1. The molecule has 60 heavy (non-hydrogen) atoms. The third kappa shape index (κ3) is 5.52. The predicted molar refractivity (Wildman–Crippen MR) is 246 cm³/mol. The number of pyridine rings is 1. The number of hydrogen-bond donors (Lipinski definition) is 0. The number of para-hydroxylation sites is 2. The fourth-order valence-electron chi connectivity index (χ4n) is 8.75. The minimum absolute atomic E-state index is 0.705. The van der Waals surface area contributed by atoms with Crippen LogP contribution in [-0.2, 0) is 0 Å². The van der Waals surface area contributed by atoms with Crippen LogP contribution in [0.1, 0.15) is 0 Å². The van der Waals surface area contributed by atoms with Gasteiger partial charge in [-0.3, -0.25) is 0 Å². The minimum atomic E-state index is 0.705. The minimum Gasteiger partial charge on any atom is -0.453 e. The Morgan fingerprint density at radius 1 is 0.400 bits per heavy atom. The van der Waals surface area contributed by atoms with Gasteiger partial charge in [0.05, 0.1) is 33.5 Å². The van der Waals surface area contributed by atoms with Crippen LogP contribution in [0.3, 0.4) is 0 Å². The van der Waals surface area contributed by atoms with E-state index in [0.717, 1.165) is 105 Å². The zero-order valence-corrected chi connectivity index (χ0v) is 32.3. The molecule has 0 amide bonds. The Morgan fingerprint density at radius 2 is 0.967 bits per heavy atom. The zero-order chi connectivity index (χ0) is 39.6. The number of rotatable bonds is 6. The highest BCUT2D eigenvalue weighted by Crippen LogP contribution is 2.45. The van der Waals surface area contributed by atoms with E-state index in [1.807, 2.05) is 42.5 Å². The summed E-state index contributed by atoms with van der Waals surface area (Å²) in [5.41, 5.74) is 14.8. The van der Waals surface area contributed by atoms with Crippen LogP contribution in [-0.4, -0.2) is 19.5 Å². The maximum Gasteiger partial charge on any atom is 0.161 e. The molecule has 280 valence electrons. The van der Waals surface area contributed by atoms with Gasteiger partial charge in [-0.25, -0.2) is 15.0 Å². The van der Waals surface area contributed by atoms with E-state index in [0.29, 0.717) is 5.82 Å². The van der Waals surface area contributed by atoms with Gasteiger partial charge >= 0.3 is 0 Å². The average Bonchev–Trinajstić information content (AvgIpc) is 3.87. The van der Waals surface area contributed by atoms with Gasteiger partial charge < -0.3 is 8.98 Å². The molecule has 0 bridgehead atoms. The Kier molecular flexibility index (Phi) is 7.78. The van der Waals surface area contributed by atoms with Crippen LogP contribution in [0.15, 0.2) is 211 Å². The first kappa shape index (κ1) is 33.9. The molecule has 0 aliphatic rings. The molecule has 0 radical (unpaired) electrons. The Balaban J connectivity index is 0.984. The molecule has 0 atom stereocenters. The third-order valence-corrected chi connectivity index (χ3v) is 11.6. The number of furan rings is 1. The molecule has 0 aliphatic heterocycles. The van der Waals surface area contributed by atoms with Crippen LogP contribution >= 0.6 is 0 Å². The fraction of sp³-hybridized carbons (Fsp3) is 0. The van der Waals surface area contributed by atoms with Crippen molar-refractivity contribution >= 4 is 54.6 Å². The van der Waals surface area contributed by atoms with Crippen LogP contribution in [0.5, 0.6) is 0 Å². The van der Waals surface area contributed by atoms with Gasteiger partial charge in [-0.05, 0) is 64.4 Å².